The Morgan fingerprint density at radius 3 is 2.47 bits per heavy atom. The van der Waals surface area contributed by atoms with Gasteiger partial charge in [0.05, 0.1) is 25.6 Å². The van der Waals surface area contributed by atoms with Crippen LogP contribution >= 0.6 is 0 Å². The Hall–Kier alpha value is -4.13. The maximum atomic E-state index is 13.8. The highest BCUT2D eigenvalue weighted by Crippen LogP contribution is 2.35. The molecule has 6 nitrogen and oxygen atoms in total. The molecule has 0 saturated carbocycles. The first-order valence-electron chi connectivity index (χ1n) is 11.0. The second-order valence-corrected chi connectivity index (χ2v) is 7.72. The minimum atomic E-state index is -0.334. The second kappa shape index (κ2) is 10.7. The summed E-state index contributed by atoms with van der Waals surface area (Å²) >= 11 is 0. The lowest BCUT2D eigenvalue weighted by Gasteiger charge is -2.10. The van der Waals surface area contributed by atoms with Crippen molar-refractivity contribution in [2.24, 2.45) is 0 Å². The van der Waals surface area contributed by atoms with Crippen molar-refractivity contribution >= 4 is 5.91 Å². The molecule has 0 radical (unpaired) electrons. The van der Waals surface area contributed by atoms with Crippen molar-refractivity contribution in [1.82, 2.24) is 15.1 Å². The van der Waals surface area contributed by atoms with Gasteiger partial charge in [0.25, 0.3) is 0 Å². The predicted molar refractivity (Wildman–Crippen MR) is 129 cm³/mol. The smallest absolute Gasteiger partial charge is 0.220 e. The topological polar surface area (TPSA) is 65.4 Å². The van der Waals surface area contributed by atoms with Crippen LogP contribution in [-0.4, -0.2) is 29.9 Å². The van der Waals surface area contributed by atoms with E-state index in [-0.39, 0.29) is 24.7 Å². The fourth-order valence-electron chi connectivity index (χ4n) is 3.70. The minimum Gasteiger partial charge on any atom is -0.497 e. The first-order valence-corrected chi connectivity index (χ1v) is 11.0. The second-order valence-electron chi connectivity index (χ2n) is 7.72. The van der Waals surface area contributed by atoms with E-state index in [0.29, 0.717) is 29.2 Å². The molecule has 0 unspecified atom stereocenters. The first-order chi connectivity index (χ1) is 16.6. The zero-order valence-electron chi connectivity index (χ0n) is 19.1. The van der Waals surface area contributed by atoms with Crippen molar-refractivity contribution in [2.75, 3.05) is 14.2 Å². The van der Waals surface area contributed by atoms with Gasteiger partial charge in [0.1, 0.15) is 17.3 Å². The number of aryl methyl sites for hydroxylation is 1. The summed E-state index contributed by atoms with van der Waals surface area (Å²) in [6.45, 7) is 0.144. The minimum absolute atomic E-state index is 0.144. The largest absolute Gasteiger partial charge is 0.497 e. The van der Waals surface area contributed by atoms with E-state index in [1.165, 1.54) is 6.07 Å². The molecule has 0 spiro atoms. The summed E-state index contributed by atoms with van der Waals surface area (Å²) in [4.78, 5) is 12.5. The van der Waals surface area contributed by atoms with Crippen molar-refractivity contribution in [1.29, 1.82) is 0 Å². The molecule has 4 aromatic rings. The molecule has 3 aromatic carbocycles. The van der Waals surface area contributed by atoms with Gasteiger partial charge in [-0.25, -0.2) is 9.07 Å². The Morgan fingerprint density at radius 1 is 0.971 bits per heavy atom. The number of nitrogens with one attached hydrogen (secondary N) is 1. The van der Waals surface area contributed by atoms with Gasteiger partial charge < -0.3 is 14.8 Å². The number of amides is 1. The highest BCUT2D eigenvalue weighted by atomic mass is 19.1. The lowest BCUT2D eigenvalue weighted by molar-refractivity contribution is -0.121. The molecule has 1 amide bonds. The SMILES string of the molecule is COc1ccc(OC)c(-c2nn(-c3ccccc3)cc2CCC(=O)NCc2ccccc2F)c1. The van der Waals surface area contributed by atoms with Gasteiger partial charge in [0.2, 0.25) is 5.91 Å². The maximum absolute atomic E-state index is 13.8. The molecule has 0 aliphatic carbocycles. The summed E-state index contributed by atoms with van der Waals surface area (Å²) < 4.78 is 26.6. The fourth-order valence-corrected chi connectivity index (χ4v) is 3.70. The van der Waals surface area contributed by atoms with Gasteiger partial charge in [-0.2, -0.15) is 5.10 Å². The van der Waals surface area contributed by atoms with Gasteiger partial charge in [-0.15, -0.1) is 0 Å². The van der Waals surface area contributed by atoms with Crippen LogP contribution in [-0.2, 0) is 17.8 Å². The summed E-state index contributed by atoms with van der Waals surface area (Å²) in [5.41, 5.74) is 3.73. The maximum Gasteiger partial charge on any atom is 0.220 e. The molecule has 1 N–H and O–H groups in total. The summed E-state index contributed by atoms with van der Waals surface area (Å²) in [7, 11) is 3.21. The molecule has 0 aliphatic heterocycles. The van der Waals surface area contributed by atoms with E-state index in [0.717, 1.165) is 16.8 Å². The third-order valence-electron chi connectivity index (χ3n) is 5.53. The van der Waals surface area contributed by atoms with E-state index in [9.17, 15) is 9.18 Å². The van der Waals surface area contributed by atoms with E-state index in [4.69, 9.17) is 14.6 Å². The van der Waals surface area contributed by atoms with Gasteiger partial charge in [0.15, 0.2) is 0 Å². The molecule has 1 aromatic heterocycles. The Morgan fingerprint density at radius 2 is 1.74 bits per heavy atom. The number of para-hydroxylation sites is 1. The van der Waals surface area contributed by atoms with E-state index in [1.807, 2.05) is 54.7 Å². The van der Waals surface area contributed by atoms with E-state index in [1.54, 1.807) is 37.1 Å². The number of hydrogen-bond donors (Lipinski definition) is 1. The first kappa shape index (κ1) is 23.0. The van der Waals surface area contributed by atoms with Gasteiger partial charge >= 0.3 is 0 Å². The number of carbonyl (C=O) groups is 1. The standard InChI is InChI=1S/C27H26FN3O3/c1-33-22-13-14-25(34-2)23(16-22)27-20(18-31(30-27)21-9-4-3-5-10-21)12-15-26(32)29-17-19-8-6-7-11-24(19)28/h3-11,13-14,16,18H,12,15,17H2,1-2H3,(H,29,32). The highest BCUT2D eigenvalue weighted by Gasteiger charge is 2.18. The molecule has 0 fully saturated rings. The van der Waals surface area contributed by atoms with Crippen LogP contribution < -0.4 is 14.8 Å². The van der Waals surface area contributed by atoms with Gasteiger partial charge in [-0.3, -0.25) is 4.79 Å². The van der Waals surface area contributed by atoms with Crippen molar-refractivity contribution < 1.29 is 18.7 Å². The van der Waals surface area contributed by atoms with Crippen LogP contribution in [0.25, 0.3) is 16.9 Å². The zero-order chi connectivity index (χ0) is 23.9. The molecule has 0 aliphatic rings. The lowest BCUT2D eigenvalue weighted by Crippen LogP contribution is -2.23. The predicted octanol–water partition coefficient (Wildman–Crippen LogP) is 4.94. The van der Waals surface area contributed by atoms with Crippen LogP contribution in [0.2, 0.25) is 0 Å². The van der Waals surface area contributed by atoms with Crippen molar-refractivity contribution in [3.05, 3.63) is 95.9 Å². The number of rotatable bonds is 9. The lowest BCUT2D eigenvalue weighted by atomic mass is 10.0. The molecular formula is C27H26FN3O3. The van der Waals surface area contributed by atoms with E-state index >= 15 is 0 Å². The molecule has 34 heavy (non-hydrogen) atoms. The molecule has 7 heteroatoms. The zero-order valence-corrected chi connectivity index (χ0v) is 19.1. The molecule has 0 saturated heterocycles. The Kier molecular flexibility index (Phi) is 7.22. The van der Waals surface area contributed by atoms with Gasteiger partial charge in [-0.1, -0.05) is 36.4 Å². The van der Waals surface area contributed by atoms with Gasteiger partial charge in [0, 0.05) is 30.3 Å². The number of halogens is 1. The summed E-state index contributed by atoms with van der Waals surface area (Å²) in [6, 6.07) is 21.7. The molecule has 4 rings (SSSR count). The molecule has 1 heterocycles. The molecule has 0 atom stereocenters. The normalized spacial score (nSPS) is 10.7. The van der Waals surface area contributed by atoms with Crippen molar-refractivity contribution in [3.8, 4) is 28.4 Å². The highest BCUT2D eigenvalue weighted by molar-refractivity contribution is 5.77. The Balaban J connectivity index is 1.59. The molecular weight excluding hydrogens is 433 g/mol. The van der Waals surface area contributed by atoms with Crippen LogP contribution in [0.3, 0.4) is 0 Å². The average Bonchev–Trinajstić information content (AvgIpc) is 3.31. The van der Waals surface area contributed by atoms with Crippen LogP contribution in [0.1, 0.15) is 17.5 Å². The van der Waals surface area contributed by atoms with Crippen LogP contribution in [0.4, 0.5) is 4.39 Å². The summed E-state index contributed by atoms with van der Waals surface area (Å²) in [6.07, 6.45) is 2.60. The average molecular weight is 460 g/mol. The Labute approximate surface area is 198 Å². The monoisotopic (exact) mass is 459 g/mol. The van der Waals surface area contributed by atoms with Crippen LogP contribution in [0.5, 0.6) is 11.5 Å². The third kappa shape index (κ3) is 5.26. The van der Waals surface area contributed by atoms with Gasteiger partial charge in [-0.05, 0) is 48.4 Å². The Bertz CT molecular complexity index is 1270. The number of carbonyl (C=O) groups excluding carboxylic acids is 1. The fraction of sp³-hybridized carbons (Fsp3) is 0.185. The van der Waals surface area contributed by atoms with Crippen LogP contribution in [0, 0.1) is 5.82 Å². The van der Waals surface area contributed by atoms with Crippen molar-refractivity contribution in [3.63, 3.8) is 0 Å². The molecule has 0 bridgehead atoms. The quantitative estimate of drug-likeness (QED) is 0.385. The molecule has 174 valence electrons. The summed E-state index contributed by atoms with van der Waals surface area (Å²) in [5.74, 6) is 0.835. The van der Waals surface area contributed by atoms with Crippen molar-refractivity contribution in [2.45, 2.75) is 19.4 Å². The van der Waals surface area contributed by atoms with E-state index < -0.39 is 0 Å². The van der Waals surface area contributed by atoms with E-state index in [2.05, 4.69) is 5.32 Å². The number of hydrogen-bond acceptors (Lipinski definition) is 4. The number of aromatic nitrogens is 2. The van der Waals surface area contributed by atoms with Crippen LogP contribution in [0.15, 0.2) is 79.0 Å². The third-order valence-corrected chi connectivity index (χ3v) is 5.53. The number of nitrogens with zero attached hydrogens (tertiary/aromatic N) is 2. The number of benzene rings is 3. The number of methoxy groups -OCH3 is 2. The summed E-state index contributed by atoms with van der Waals surface area (Å²) in [5, 5.41) is 7.62. The number of ether oxygens (including phenoxy) is 2.